The Morgan fingerprint density at radius 2 is 2.12 bits per heavy atom. The van der Waals surface area contributed by atoms with Crippen molar-refractivity contribution in [1.29, 1.82) is 0 Å². The quantitative estimate of drug-likeness (QED) is 0.281. The third-order valence-electron chi connectivity index (χ3n) is 3.68. The molecule has 2 unspecified atom stereocenters. The highest BCUT2D eigenvalue weighted by atomic mass is 16.4. The minimum absolute atomic E-state index is 0.318. The van der Waals surface area contributed by atoms with Crippen LogP contribution in [0.4, 0.5) is 0 Å². The zero-order chi connectivity index (χ0) is 12.0. The molecule has 0 aliphatic heterocycles. The summed E-state index contributed by atoms with van der Waals surface area (Å²) in [4.78, 5) is 0. The van der Waals surface area contributed by atoms with Gasteiger partial charge in [0.25, 0.3) is 0 Å². The largest absolute Gasteiger partial charge is 0.409 e. The molecule has 0 aromatic heterocycles. The van der Waals surface area contributed by atoms with E-state index in [4.69, 9.17) is 10.9 Å². The lowest BCUT2D eigenvalue weighted by Crippen LogP contribution is -2.42. The lowest BCUT2D eigenvalue weighted by molar-refractivity contribution is 0.310. The van der Waals surface area contributed by atoms with Crippen molar-refractivity contribution in [1.82, 2.24) is 5.32 Å². The van der Waals surface area contributed by atoms with Crippen molar-refractivity contribution in [3.05, 3.63) is 0 Å². The van der Waals surface area contributed by atoms with Crippen molar-refractivity contribution in [2.45, 2.75) is 64.5 Å². The van der Waals surface area contributed by atoms with E-state index in [1.807, 2.05) is 0 Å². The van der Waals surface area contributed by atoms with Crippen molar-refractivity contribution in [2.24, 2.45) is 16.8 Å². The van der Waals surface area contributed by atoms with E-state index < -0.39 is 0 Å². The van der Waals surface area contributed by atoms with Gasteiger partial charge >= 0.3 is 0 Å². The molecule has 94 valence electrons. The number of oxime groups is 1. The highest BCUT2D eigenvalue weighted by molar-refractivity contribution is 5.80. The monoisotopic (exact) mass is 227 g/mol. The Labute approximate surface area is 98.3 Å². The molecular formula is C12H25N3O. The second-order valence-electron chi connectivity index (χ2n) is 4.90. The first-order valence-electron chi connectivity index (χ1n) is 6.39. The van der Waals surface area contributed by atoms with E-state index in [0.29, 0.717) is 24.3 Å². The number of hydrogen-bond acceptors (Lipinski definition) is 3. The van der Waals surface area contributed by atoms with Gasteiger partial charge in [0.05, 0.1) is 0 Å². The van der Waals surface area contributed by atoms with Crippen LogP contribution in [0.25, 0.3) is 0 Å². The zero-order valence-electron chi connectivity index (χ0n) is 10.4. The van der Waals surface area contributed by atoms with Crippen molar-refractivity contribution in [3.8, 4) is 0 Å². The van der Waals surface area contributed by atoms with Gasteiger partial charge in [0, 0.05) is 18.5 Å². The molecule has 0 aromatic rings. The van der Waals surface area contributed by atoms with Crippen LogP contribution in [0.5, 0.6) is 0 Å². The smallest absolute Gasteiger partial charge is 0.140 e. The van der Waals surface area contributed by atoms with Gasteiger partial charge in [-0.3, -0.25) is 0 Å². The van der Waals surface area contributed by atoms with E-state index in [2.05, 4.69) is 24.3 Å². The summed E-state index contributed by atoms with van der Waals surface area (Å²) in [5.74, 6) is 1.12. The van der Waals surface area contributed by atoms with Crippen molar-refractivity contribution >= 4 is 5.84 Å². The van der Waals surface area contributed by atoms with Gasteiger partial charge in [-0.1, -0.05) is 24.9 Å². The molecule has 0 heterocycles. The Hall–Kier alpha value is -0.770. The second kappa shape index (κ2) is 6.74. The molecule has 0 radical (unpaired) electrons. The summed E-state index contributed by atoms with van der Waals surface area (Å²) in [5, 5.41) is 15.2. The molecule has 0 aromatic carbocycles. The molecule has 1 rings (SSSR count). The molecular weight excluding hydrogens is 202 g/mol. The Bertz CT molecular complexity index is 224. The first kappa shape index (κ1) is 13.3. The van der Waals surface area contributed by atoms with Gasteiger partial charge in [0.2, 0.25) is 0 Å². The lowest BCUT2D eigenvalue weighted by atomic mass is 9.98. The molecule has 0 saturated heterocycles. The molecule has 1 aliphatic carbocycles. The summed E-state index contributed by atoms with van der Waals surface area (Å²) in [6, 6.07) is 0.866. The normalized spacial score (nSPS) is 22.2. The van der Waals surface area contributed by atoms with Crippen LogP contribution in [0.2, 0.25) is 0 Å². The number of nitrogens with two attached hydrogens (primary N) is 1. The van der Waals surface area contributed by atoms with Gasteiger partial charge in [-0.25, -0.2) is 0 Å². The highest BCUT2D eigenvalue weighted by Gasteiger charge is 2.23. The zero-order valence-corrected chi connectivity index (χ0v) is 10.4. The minimum Gasteiger partial charge on any atom is -0.409 e. The Balaban J connectivity index is 2.36. The van der Waals surface area contributed by atoms with Crippen molar-refractivity contribution in [2.75, 3.05) is 0 Å². The summed E-state index contributed by atoms with van der Waals surface area (Å²) < 4.78 is 0. The molecule has 1 fully saturated rings. The lowest BCUT2D eigenvalue weighted by Gasteiger charge is -2.26. The average molecular weight is 227 g/mol. The predicted octanol–water partition coefficient (Wildman–Crippen LogP) is 2.07. The Morgan fingerprint density at radius 3 is 2.62 bits per heavy atom. The van der Waals surface area contributed by atoms with Crippen LogP contribution in [-0.4, -0.2) is 23.1 Å². The van der Waals surface area contributed by atoms with Gasteiger partial charge in [-0.2, -0.15) is 0 Å². The fourth-order valence-electron chi connectivity index (χ4n) is 2.58. The van der Waals surface area contributed by atoms with E-state index in [0.717, 1.165) is 12.3 Å². The van der Waals surface area contributed by atoms with Crippen LogP contribution in [0, 0.1) is 5.92 Å². The van der Waals surface area contributed by atoms with Crippen LogP contribution >= 0.6 is 0 Å². The van der Waals surface area contributed by atoms with E-state index in [-0.39, 0.29) is 0 Å². The number of amidine groups is 1. The predicted molar refractivity (Wildman–Crippen MR) is 66.7 cm³/mol. The summed E-state index contributed by atoms with van der Waals surface area (Å²) in [6.45, 7) is 4.38. The van der Waals surface area contributed by atoms with Gasteiger partial charge < -0.3 is 16.3 Å². The standard InChI is InChI=1S/C12H25N3O/c1-3-11(8-12(13)15-16)14-9(2)10-6-4-5-7-10/h9-11,14,16H,3-8H2,1-2H3,(H2,13,15). The fraction of sp³-hybridized carbons (Fsp3) is 0.917. The Kier molecular flexibility index (Phi) is 5.60. The summed E-state index contributed by atoms with van der Waals surface area (Å²) >= 11 is 0. The van der Waals surface area contributed by atoms with Gasteiger partial charge in [-0.15, -0.1) is 0 Å². The van der Waals surface area contributed by atoms with Crippen LogP contribution in [0.15, 0.2) is 5.16 Å². The van der Waals surface area contributed by atoms with Crippen LogP contribution < -0.4 is 11.1 Å². The molecule has 0 bridgehead atoms. The van der Waals surface area contributed by atoms with Gasteiger partial charge in [0.15, 0.2) is 0 Å². The molecule has 16 heavy (non-hydrogen) atoms. The van der Waals surface area contributed by atoms with Crippen LogP contribution in [0.3, 0.4) is 0 Å². The van der Waals surface area contributed by atoms with E-state index >= 15 is 0 Å². The summed E-state index contributed by atoms with van der Waals surface area (Å²) in [7, 11) is 0. The van der Waals surface area contributed by atoms with E-state index in [1.165, 1.54) is 25.7 Å². The number of rotatable bonds is 6. The summed E-state index contributed by atoms with van der Waals surface area (Å²) in [5.41, 5.74) is 5.54. The molecule has 0 spiro atoms. The number of nitrogens with one attached hydrogen (secondary N) is 1. The topological polar surface area (TPSA) is 70.6 Å². The third kappa shape index (κ3) is 4.00. The van der Waals surface area contributed by atoms with Gasteiger partial charge in [0.1, 0.15) is 5.84 Å². The highest BCUT2D eigenvalue weighted by Crippen LogP contribution is 2.27. The SMILES string of the molecule is CCC(CC(N)=NO)NC(C)C1CCCC1. The molecule has 4 N–H and O–H groups in total. The number of nitrogens with zero attached hydrogens (tertiary/aromatic N) is 1. The maximum atomic E-state index is 8.56. The second-order valence-corrected chi connectivity index (χ2v) is 4.90. The van der Waals surface area contributed by atoms with Crippen molar-refractivity contribution in [3.63, 3.8) is 0 Å². The minimum atomic E-state index is 0.318. The van der Waals surface area contributed by atoms with E-state index in [1.54, 1.807) is 0 Å². The molecule has 4 nitrogen and oxygen atoms in total. The van der Waals surface area contributed by atoms with Crippen LogP contribution in [0.1, 0.15) is 52.4 Å². The summed E-state index contributed by atoms with van der Waals surface area (Å²) in [6.07, 6.45) is 7.06. The first-order chi connectivity index (χ1) is 7.67. The first-order valence-corrected chi connectivity index (χ1v) is 6.39. The average Bonchev–Trinajstić information content (AvgIpc) is 2.81. The maximum absolute atomic E-state index is 8.56. The molecule has 4 heteroatoms. The van der Waals surface area contributed by atoms with E-state index in [9.17, 15) is 0 Å². The molecule has 2 atom stereocenters. The molecule has 0 amide bonds. The van der Waals surface area contributed by atoms with Gasteiger partial charge in [-0.05, 0) is 32.1 Å². The molecule has 1 aliphatic rings. The fourth-order valence-corrected chi connectivity index (χ4v) is 2.58. The Morgan fingerprint density at radius 1 is 1.50 bits per heavy atom. The molecule has 1 saturated carbocycles. The van der Waals surface area contributed by atoms with Crippen LogP contribution in [-0.2, 0) is 0 Å². The number of hydrogen-bond donors (Lipinski definition) is 3. The van der Waals surface area contributed by atoms with Crippen molar-refractivity contribution < 1.29 is 5.21 Å². The third-order valence-corrected chi connectivity index (χ3v) is 3.68. The maximum Gasteiger partial charge on any atom is 0.140 e.